The summed E-state index contributed by atoms with van der Waals surface area (Å²) >= 11 is 1.68. The van der Waals surface area contributed by atoms with Crippen LogP contribution in [0.2, 0.25) is 0 Å². The van der Waals surface area contributed by atoms with E-state index < -0.39 is 0 Å². The smallest absolute Gasteiger partial charge is 0.177 e. The lowest BCUT2D eigenvalue weighted by molar-refractivity contribution is 0.181. The molecule has 0 heterocycles. The van der Waals surface area contributed by atoms with E-state index in [1.807, 2.05) is 30.5 Å². The molecule has 4 heteroatoms. The average Bonchev–Trinajstić information content (AvgIpc) is 2.52. The minimum Gasteiger partial charge on any atom is -0.383 e. The van der Waals surface area contributed by atoms with Crippen LogP contribution in [0.15, 0.2) is 58.6 Å². The quantitative estimate of drug-likeness (QED) is 0.280. The maximum Gasteiger partial charge on any atom is 0.177 e. The predicted molar refractivity (Wildman–Crippen MR) is 85.0 cm³/mol. The van der Waals surface area contributed by atoms with Gasteiger partial charge in [0, 0.05) is 10.5 Å². The van der Waals surface area contributed by atoms with Crippen LogP contribution in [0.1, 0.15) is 11.1 Å². The molecule has 106 valence electrons. The Morgan fingerprint density at radius 3 is 2.81 bits per heavy atom. The molecule has 0 radical (unpaired) electrons. The second-order valence-electron chi connectivity index (χ2n) is 4.09. The Morgan fingerprint density at radius 1 is 1.24 bits per heavy atom. The van der Waals surface area contributed by atoms with E-state index in [2.05, 4.69) is 17.0 Å². The molecule has 0 bridgehead atoms. The summed E-state index contributed by atoms with van der Waals surface area (Å²) in [4.78, 5) is 6.22. The SMILES string of the molecule is CSc1cccc(C#CCON=Cc2ccc(F)cc2)c1. The predicted octanol–water partition coefficient (Wildman–Crippen LogP) is 3.95. The summed E-state index contributed by atoms with van der Waals surface area (Å²) in [5, 5.41) is 3.78. The fourth-order valence-corrected chi connectivity index (χ4v) is 2.01. The minimum atomic E-state index is -0.272. The number of thioether (sulfide) groups is 1. The van der Waals surface area contributed by atoms with E-state index >= 15 is 0 Å². The zero-order valence-corrected chi connectivity index (χ0v) is 12.4. The first-order chi connectivity index (χ1) is 10.3. The molecule has 0 atom stereocenters. The van der Waals surface area contributed by atoms with Crippen molar-refractivity contribution >= 4 is 18.0 Å². The van der Waals surface area contributed by atoms with Crippen LogP contribution in [0.4, 0.5) is 4.39 Å². The van der Waals surface area contributed by atoms with E-state index in [1.165, 1.54) is 23.2 Å². The first-order valence-electron chi connectivity index (χ1n) is 6.32. The number of oxime groups is 1. The van der Waals surface area contributed by atoms with Crippen molar-refractivity contribution in [2.75, 3.05) is 12.9 Å². The number of hydrogen-bond acceptors (Lipinski definition) is 3. The highest BCUT2D eigenvalue weighted by Crippen LogP contribution is 2.14. The Morgan fingerprint density at radius 2 is 2.05 bits per heavy atom. The first-order valence-corrected chi connectivity index (χ1v) is 7.54. The van der Waals surface area contributed by atoms with Crippen LogP contribution in [-0.2, 0) is 4.84 Å². The van der Waals surface area contributed by atoms with Crippen molar-refractivity contribution in [1.82, 2.24) is 0 Å². The van der Waals surface area contributed by atoms with Crippen molar-refractivity contribution in [3.63, 3.8) is 0 Å². The Hall–Kier alpha value is -2.25. The molecule has 0 fully saturated rings. The lowest BCUT2D eigenvalue weighted by atomic mass is 10.2. The monoisotopic (exact) mass is 299 g/mol. The molecule has 0 aliphatic carbocycles. The van der Waals surface area contributed by atoms with E-state index in [0.717, 1.165) is 11.1 Å². The van der Waals surface area contributed by atoms with Crippen molar-refractivity contribution < 1.29 is 9.23 Å². The molecule has 0 spiro atoms. The molecule has 0 aliphatic rings. The van der Waals surface area contributed by atoms with Gasteiger partial charge < -0.3 is 4.84 Å². The number of benzene rings is 2. The maximum absolute atomic E-state index is 12.7. The van der Waals surface area contributed by atoms with Gasteiger partial charge in [0.25, 0.3) is 0 Å². The largest absolute Gasteiger partial charge is 0.383 e. The summed E-state index contributed by atoms with van der Waals surface area (Å²) in [5.74, 6) is 5.63. The third-order valence-corrected chi connectivity index (χ3v) is 3.31. The molecular weight excluding hydrogens is 285 g/mol. The average molecular weight is 299 g/mol. The van der Waals surface area contributed by atoms with E-state index in [1.54, 1.807) is 23.9 Å². The second-order valence-corrected chi connectivity index (χ2v) is 4.97. The van der Waals surface area contributed by atoms with Gasteiger partial charge in [-0.3, -0.25) is 0 Å². The van der Waals surface area contributed by atoms with Crippen LogP contribution in [0.3, 0.4) is 0 Å². The fraction of sp³-hybridized carbons (Fsp3) is 0.118. The Labute approximate surface area is 128 Å². The molecule has 2 aromatic rings. The van der Waals surface area contributed by atoms with E-state index in [4.69, 9.17) is 4.84 Å². The van der Waals surface area contributed by atoms with Crippen LogP contribution in [0, 0.1) is 17.7 Å². The van der Waals surface area contributed by atoms with Crippen molar-refractivity contribution in [2.45, 2.75) is 4.90 Å². The molecule has 21 heavy (non-hydrogen) atoms. The summed E-state index contributed by atoms with van der Waals surface area (Å²) in [6, 6.07) is 14.0. The van der Waals surface area contributed by atoms with Crippen molar-refractivity contribution in [2.24, 2.45) is 5.16 Å². The van der Waals surface area contributed by atoms with Gasteiger partial charge in [0.2, 0.25) is 0 Å². The zero-order chi connectivity index (χ0) is 14.9. The normalized spacial score (nSPS) is 10.2. The third-order valence-electron chi connectivity index (χ3n) is 2.59. The molecule has 0 saturated heterocycles. The lowest BCUT2D eigenvalue weighted by Gasteiger charge is -1.95. The molecule has 0 saturated carbocycles. The second kappa shape index (κ2) is 8.13. The molecule has 0 N–H and O–H groups in total. The van der Waals surface area contributed by atoms with Gasteiger partial charge in [-0.25, -0.2) is 4.39 Å². The van der Waals surface area contributed by atoms with Crippen LogP contribution >= 0.6 is 11.8 Å². The minimum absolute atomic E-state index is 0.210. The summed E-state index contributed by atoms with van der Waals surface area (Å²) in [6.45, 7) is 0.210. The maximum atomic E-state index is 12.7. The fourth-order valence-electron chi connectivity index (χ4n) is 1.56. The topological polar surface area (TPSA) is 21.6 Å². The summed E-state index contributed by atoms with van der Waals surface area (Å²) in [6.07, 6.45) is 3.55. The van der Waals surface area contributed by atoms with Gasteiger partial charge in [0.15, 0.2) is 6.61 Å². The highest BCUT2D eigenvalue weighted by Gasteiger charge is 1.91. The summed E-state index contributed by atoms with van der Waals surface area (Å²) in [7, 11) is 0. The molecule has 2 aromatic carbocycles. The van der Waals surface area contributed by atoms with Crippen LogP contribution < -0.4 is 0 Å². The molecule has 0 aliphatic heterocycles. The van der Waals surface area contributed by atoms with Gasteiger partial charge in [0.1, 0.15) is 5.82 Å². The van der Waals surface area contributed by atoms with Gasteiger partial charge in [-0.15, -0.1) is 11.8 Å². The molecular formula is C17H14FNOS. The van der Waals surface area contributed by atoms with Gasteiger partial charge in [-0.2, -0.15) is 0 Å². The van der Waals surface area contributed by atoms with E-state index in [0.29, 0.717) is 0 Å². The number of halogens is 1. The molecule has 0 aromatic heterocycles. The van der Waals surface area contributed by atoms with E-state index in [-0.39, 0.29) is 12.4 Å². The van der Waals surface area contributed by atoms with Crippen LogP contribution in [0.5, 0.6) is 0 Å². The number of rotatable bonds is 4. The van der Waals surface area contributed by atoms with Crippen molar-refractivity contribution in [1.29, 1.82) is 0 Å². The van der Waals surface area contributed by atoms with Crippen LogP contribution in [-0.4, -0.2) is 19.1 Å². The highest BCUT2D eigenvalue weighted by atomic mass is 32.2. The van der Waals surface area contributed by atoms with Crippen molar-refractivity contribution in [3.8, 4) is 11.8 Å². The Balaban J connectivity index is 1.82. The van der Waals surface area contributed by atoms with Crippen molar-refractivity contribution in [3.05, 3.63) is 65.5 Å². The van der Waals surface area contributed by atoms with E-state index in [9.17, 15) is 4.39 Å². The Kier molecular flexibility index (Phi) is 5.86. The highest BCUT2D eigenvalue weighted by molar-refractivity contribution is 7.98. The van der Waals surface area contributed by atoms with Gasteiger partial charge in [-0.05, 0) is 42.2 Å². The Bertz CT molecular complexity index is 671. The molecule has 0 unspecified atom stereocenters. The zero-order valence-electron chi connectivity index (χ0n) is 11.5. The first kappa shape index (κ1) is 15.1. The summed E-state index contributed by atoms with van der Waals surface area (Å²) < 4.78 is 12.7. The van der Waals surface area contributed by atoms with Gasteiger partial charge >= 0.3 is 0 Å². The number of hydrogen-bond donors (Lipinski definition) is 0. The lowest BCUT2D eigenvalue weighted by Crippen LogP contribution is -1.86. The molecule has 2 rings (SSSR count). The summed E-state index contributed by atoms with van der Waals surface area (Å²) in [5.41, 5.74) is 1.73. The van der Waals surface area contributed by atoms with Gasteiger partial charge in [-0.1, -0.05) is 35.2 Å². The van der Waals surface area contributed by atoms with Crippen LogP contribution in [0.25, 0.3) is 0 Å². The number of nitrogens with zero attached hydrogens (tertiary/aromatic N) is 1. The van der Waals surface area contributed by atoms with Gasteiger partial charge in [0.05, 0.1) is 6.21 Å². The molecule has 2 nitrogen and oxygen atoms in total. The molecule has 0 amide bonds. The standard InChI is InChI=1S/C17H14FNOS/c1-21-17-6-2-4-14(12-17)5-3-11-20-19-13-15-7-9-16(18)10-8-15/h2,4,6-10,12-13H,11H2,1H3. The third kappa shape index (κ3) is 5.33.